The molecule has 1 aliphatic carbocycles. The van der Waals surface area contributed by atoms with E-state index in [2.05, 4.69) is 16.0 Å². The second-order valence-corrected chi connectivity index (χ2v) is 9.66. The number of anilines is 1. The van der Waals surface area contributed by atoms with E-state index in [1.165, 1.54) is 11.8 Å². The number of carbonyl (C=O) groups is 1. The summed E-state index contributed by atoms with van der Waals surface area (Å²) in [6, 6.07) is 14.0. The molecule has 1 fully saturated rings. The van der Waals surface area contributed by atoms with Crippen molar-refractivity contribution in [2.75, 3.05) is 5.32 Å². The maximum absolute atomic E-state index is 12.8. The maximum Gasteiger partial charge on any atom is 0.237 e. The molecule has 0 spiro atoms. The van der Waals surface area contributed by atoms with Crippen molar-refractivity contribution in [2.45, 2.75) is 62.1 Å². The first kappa shape index (κ1) is 21.2. The molecule has 1 atom stereocenters. The topological polar surface area (TPSA) is 67.2 Å². The average molecular weight is 444 g/mol. The van der Waals surface area contributed by atoms with Gasteiger partial charge in [0.1, 0.15) is 0 Å². The first-order valence-electron chi connectivity index (χ1n) is 10.3. The summed E-state index contributed by atoms with van der Waals surface area (Å²) < 4.78 is 2.26. The van der Waals surface area contributed by atoms with E-state index in [1.807, 2.05) is 50.2 Å². The summed E-state index contributed by atoms with van der Waals surface area (Å²) in [6.45, 7) is 3.85. The van der Waals surface area contributed by atoms with E-state index < -0.39 is 0 Å². The van der Waals surface area contributed by atoms with Gasteiger partial charge >= 0.3 is 0 Å². The number of amides is 1. The van der Waals surface area contributed by atoms with Crippen LogP contribution in [0.1, 0.15) is 44.2 Å². The number of rotatable bonds is 5. The van der Waals surface area contributed by atoms with Gasteiger partial charge in [0.05, 0.1) is 33.1 Å². The zero-order valence-electron chi connectivity index (χ0n) is 17.1. The summed E-state index contributed by atoms with van der Waals surface area (Å²) >= 11 is 7.73. The molecule has 7 heteroatoms. The van der Waals surface area contributed by atoms with E-state index in [1.54, 1.807) is 0 Å². The van der Waals surface area contributed by atoms with Gasteiger partial charge in [-0.2, -0.15) is 0 Å². The minimum atomic E-state index is -0.341. The van der Waals surface area contributed by atoms with Crippen LogP contribution in [0.5, 0.6) is 0 Å². The van der Waals surface area contributed by atoms with Crippen molar-refractivity contribution in [2.24, 2.45) is 0 Å². The molecular weight excluding hydrogens is 418 g/mol. The Morgan fingerprint density at radius 1 is 1.23 bits per heavy atom. The number of aryl methyl sites for hydroxylation is 1. The number of nitrogens with one attached hydrogen (secondary N) is 1. The molecule has 0 aliphatic heterocycles. The van der Waals surface area contributed by atoms with Crippen LogP contribution in [0, 0.1) is 6.92 Å². The van der Waals surface area contributed by atoms with Gasteiger partial charge in [-0.05, 0) is 69.4 Å². The van der Waals surface area contributed by atoms with Crippen molar-refractivity contribution in [3.05, 3.63) is 53.1 Å². The summed E-state index contributed by atoms with van der Waals surface area (Å²) in [5, 5.41) is 13.9. The molecule has 0 bridgehead atoms. The Bertz CT molecular complexity index is 1060. The lowest BCUT2D eigenvalue weighted by Crippen LogP contribution is -2.24. The summed E-state index contributed by atoms with van der Waals surface area (Å²) in [6.07, 6.45) is 3.20. The number of aliphatic hydroxyl groups is 1. The van der Waals surface area contributed by atoms with Crippen LogP contribution >= 0.6 is 23.4 Å². The highest BCUT2D eigenvalue weighted by Crippen LogP contribution is 2.37. The Kier molecular flexibility index (Phi) is 6.37. The van der Waals surface area contributed by atoms with E-state index in [9.17, 15) is 9.90 Å². The third-order valence-corrected chi connectivity index (χ3v) is 7.01. The number of fused-ring (bicyclic) bond motifs is 1. The molecule has 3 aromatic rings. The molecule has 5 nitrogen and oxygen atoms in total. The summed E-state index contributed by atoms with van der Waals surface area (Å²) in [7, 11) is 0. The lowest BCUT2D eigenvalue weighted by Gasteiger charge is -2.28. The van der Waals surface area contributed by atoms with Crippen molar-refractivity contribution in [3.63, 3.8) is 0 Å². The Hall–Kier alpha value is -2.02. The number of aromatic nitrogens is 2. The number of carbonyl (C=O) groups excluding carboxylic acids is 1. The molecule has 30 heavy (non-hydrogen) atoms. The van der Waals surface area contributed by atoms with Crippen molar-refractivity contribution in [1.82, 2.24) is 9.55 Å². The second-order valence-electron chi connectivity index (χ2n) is 7.95. The number of hydrogen-bond donors (Lipinski definition) is 2. The Labute approximate surface area is 185 Å². The van der Waals surface area contributed by atoms with Crippen LogP contribution in [0.3, 0.4) is 0 Å². The van der Waals surface area contributed by atoms with Gasteiger partial charge in [0.2, 0.25) is 5.91 Å². The molecule has 4 rings (SSSR count). The first-order valence-corrected chi connectivity index (χ1v) is 11.6. The smallest absolute Gasteiger partial charge is 0.237 e. The predicted octanol–water partition coefficient (Wildman–Crippen LogP) is 5.59. The van der Waals surface area contributed by atoms with Crippen molar-refractivity contribution < 1.29 is 9.90 Å². The number of thioether (sulfide) groups is 1. The number of para-hydroxylation sites is 2. The lowest BCUT2D eigenvalue weighted by molar-refractivity contribution is -0.115. The van der Waals surface area contributed by atoms with Crippen LogP contribution in [0.15, 0.2) is 47.6 Å². The van der Waals surface area contributed by atoms with Crippen LogP contribution in [-0.4, -0.2) is 31.9 Å². The fraction of sp³-hybridized carbons (Fsp3) is 0.391. The van der Waals surface area contributed by atoms with Crippen molar-refractivity contribution in [3.8, 4) is 0 Å². The number of halogens is 1. The highest BCUT2D eigenvalue weighted by Gasteiger charge is 2.27. The SMILES string of the molecule is Cc1ccc(NC(=O)C(C)Sc2nc3ccccc3n2C2CCC(O)CC2)c(Cl)c1. The fourth-order valence-electron chi connectivity index (χ4n) is 3.94. The van der Waals surface area contributed by atoms with Crippen LogP contribution in [0.25, 0.3) is 11.0 Å². The third kappa shape index (κ3) is 4.51. The molecule has 0 radical (unpaired) electrons. The minimum absolute atomic E-state index is 0.108. The van der Waals surface area contributed by atoms with E-state index in [4.69, 9.17) is 16.6 Å². The van der Waals surface area contributed by atoms with Gasteiger partial charge < -0.3 is 15.0 Å². The third-order valence-electron chi connectivity index (χ3n) is 5.63. The van der Waals surface area contributed by atoms with Crippen LogP contribution in [0.4, 0.5) is 5.69 Å². The largest absolute Gasteiger partial charge is 0.393 e. The highest BCUT2D eigenvalue weighted by atomic mass is 35.5. The molecule has 2 N–H and O–H groups in total. The normalized spacial score (nSPS) is 20.3. The van der Waals surface area contributed by atoms with Crippen LogP contribution in [-0.2, 0) is 4.79 Å². The molecule has 158 valence electrons. The molecule has 1 heterocycles. The van der Waals surface area contributed by atoms with E-state index >= 15 is 0 Å². The second kappa shape index (κ2) is 9.00. The van der Waals surface area contributed by atoms with E-state index in [0.717, 1.165) is 47.4 Å². The Balaban J connectivity index is 1.56. The molecular formula is C23H26ClN3O2S. The number of nitrogens with zero attached hydrogens (tertiary/aromatic N) is 2. The maximum atomic E-state index is 12.8. The standard InChI is InChI=1S/C23H26ClN3O2S/c1-14-7-12-19(18(24)13-14)25-22(29)15(2)30-23-26-20-5-3-4-6-21(20)27(23)16-8-10-17(28)11-9-16/h3-7,12-13,15-17,28H,8-11H2,1-2H3,(H,25,29). The van der Waals surface area contributed by atoms with Gasteiger partial charge in [-0.25, -0.2) is 4.98 Å². The zero-order chi connectivity index (χ0) is 21.3. The average Bonchev–Trinajstić information content (AvgIpc) is 3.08. The van der Waals surface area contributed by atoms with Gasteiger partial charge in [-0.3, -0.25) is 4.79 Å². The highest BCUT2D eigenvalue weighted by molar-refractivity contribution is 8.00. The Morgan fingerprint density at radius 2 is 1.97 bits per heavy atom. The van der Waals surface area contributed by atoms with Gasteiger partial charge in [-0.15, -0.1) is 0 Å². The summed E-state index contributed by atoms with van der Waals surface area (Å²) in [5.74, 6) is -0.108. The molecule has 1 saturated carbocycles. The quantitative estimate of drug-likeness (QED) is 0.504. The summed E-state index contributed by atoms with van der Waals surface area (Å²) in [5.41, 5.74) is 3.68. The monoisotopic (exact) mass is 443 g/mol. The lowest BCUT2D eigenvalue weighted by atomic mass is 9.93. The fourth-order valence-corrected chi connectivity index (χ4v) is 5.22. The molecule has 1 unspecified atom stereocenters. The number of imidazole rings is 1. The number of benzene rings is 2. The van der Waals surface area contributed by atoms with E-state index in [0.29, 0.717) is 10.7 Å². The molecule has 0 saturated heterocycles. The van der Waals surface area contributed by atoms with Gasteiger partial charge in [0, 0.05) is 6.04 Å². The predicted molar refractivity (Wildman–Crippen MR) is 123 cm³/mol. The molecule has 1 aliphatic rings. The van der Waals surface area contributed by atoms with Gasteiger partial charge in [0.15, 0.2) is 5.16 Å². The van der Waals surface area contributed by atoms with Crippen molar-refractivity contribution >= 4 is 46.0 Å². The van der Waals surface area contributed by atoms with Gasteiger partial charge in [-0.1, -0.05) is 41.6 Å². The zero-order valence-corrected chi connectivity index (χ0v) is 18.7. The number of aliphatic hydroxyl groups excluding tert-OH is 1. The minimum Gasteiger partial charge on any atom is -0.393 e. The molecule has 2 aromatic carbocycles. The first-order chi connectivity index (χ1) is 14.4. The summed E-state index contributed by atoms with van der Waals surface area (Å²) in [4.78, 5) is 17.7. The van der Waals surface area contributed by atoms with Crippen LogP contribution < -0.4 is 5.32 Å². The van der Waals surface area contributed by atoms with Crippen LogP contribution in [0.2, 0.25) is 5.02 Å². The van der Waals surface area contributed by atoms with Gasteiger partial charge in [0.25, 0.3) is 0 Å². The van der Waals surface area contributed by atoms with E-state index in [-0.39, 0.29) is 23.3 Å². The molecule has 1 amide bonds. The van der Waals surface area contributed by atoms with Crippen molar-refractivity contribution in [1.29, 1.82) is 0 Å². The number of hydrogen-bond acceptors (Lipinski definition) is 4. The molecule has 1 aromatic heterocycles. The Morgan fingerprint density at radius 3 is 2.70 bits per heavy atom.